The normalized spacial score (nSPS) is 10.4. The van der Waals surface area contributed by atoms with Crippen LogP contribution in [0.5, 0.6) is 0 Å². The van der Waals surface area contributed by atoms with Crippen LogP contribution in [0.25, 0.3) is 0 Å². The third-order valence-corrected chi connectivity index (χ3v) is 4.13. The molecule has 104 valence electrons. The smallest absolute Gasteiger partial charge is 0.259 e. The Morgan fingerprint density at radius 3 is 2.40 bits per heavy atom. The number of carbonyl (C=O) groups is 1. The number of rotatable bonds is 2. The molecule has 2 N–H and O–H groups in total. The summed E-state index contributed by atoms with van der Waals surface area (Å²) in [5.41, 5.74) is 7.51. The van der Waals surface area contributed by atoms with Crippen molar-refractivity contribution >= 4 is 60.7 Å². The summed E-state index contributed by atoms with van der Waals surface area (Å²) in [6.07, 6.45) is 0. The Bertz CT molecular complexity index is 676. The van der Waals surface area contributed by atoms with Gasteiger partial charge in [0.15, 0.2) is 0 Å². The lowest BCUT2D eigenvalue weighted by atomic mass is 10.1. The van der Waals surface area contributed by atoms with Gasteiger partial charge in [0.1, 0.15) is 0 Å². The first-order chi connectivity index (χ1) is 9.40. The monoisotopic (exact) mass is 416 g/mol. The summed E-state index contributed by atoms with van der Waals surface area (Å²) in [7, 11) is 1.67. The maximum absolute atomic E-state index is 12.5. The lowest BCUT2D eigenvalue weighted by molar-refractivity contribution is 0.0993. The van der Waals surface area contributed by atoms with E-state index in [0.29, 0.717) is 22.0 Å². The second-order valence-corrected chi connectivity index (χ2v) is 6.43. The van der Waals surface area contributed by atoms with E-state index in [1.807, 2.05) is 6.07 Å². The van der Waals surface area contributed by atoms with E-state index in [4.69, 9.17) is 17.3 Å². The van der Waals surface area contributed by atoms with E-state index in [-0.39, 0.29) is 5.91 Å². The molecule has 0 aliphatic heterocycles. The number of nitrogens with two attached hydrogens (primary N) is 1. The number of carbonyl (C=O) groups excluding carboxylic acids is 1. The van der Waals surface area contributed by atoms with Crippen LogP contribution in [-0.2, 0) is 0 Å². The topological polar surface area (TPSA) is 46.3 Å². The molecule has 3 nitrogen and oxygen atoms in total. The average molecular weight is 419 g/mol. The predicted molar refractivity (Wildman–Crippen MR) is 90.4 cm³/mol. The number of hydrogen-bond donors (Lipinski definition) is 1. The highest BCUT2D eigenvalue weighted by Crippen LogP contribution is 2.29. The maximum atomic E-state index is 12.5. The molecule has 0 fully saturated rings. The minimum atomic E-state index is -0.217. The zero-order chi connectivity index (χ0) is 14.9. The summed E-state index contributed by atoms with van der Waals surface area (Å²) in [6, 6.07) is 10.5. The van der Waals surface area contributed by atoms with Gasteiger partial charge in [-0.25, -0.2) is 0 Å². The Morgan fingerprint density at radius 2 is 1.75 bits per heavy atom. The molecule has 0 atom stereocenters. The van der Waals surface area contributed by atoms with E-state index in [2.05, 4.69) is 31.9 Å². The van der Waals surface area contributed by atoms with E-state index in [1.54, 1.807) is 37.4 Å². The third-order valence-electron chi connectivity index (χ3n) is 2.81. The van der Waals surface area contributed by atoms with Crippen LogP contribution in [0.1, 0.15) is 10.4 Å². The molecular formula is C14H11Br2ClN2O. The fourth-order valence-electron chi connectivity index (χ4n) is 1.78. The maximum Gasteiger partial charge on any atom is 0.259 e. The van der Waals surface area contributed by atoms with Crippen LogP contribution in [0.3, 0.4) is 0 Å². The molecule has 20 heavy (non-hydrogen) atoms. The Balaban J connectivity index is 2.40. The standard InChI is InChI=1S/C14H11Br2ClN2O/c1-19(13-5-3-9(16)7-12(13)18)14(20)10-6-8(15)2-4-11(10)17/h2-7H,18H2,1H3. The van der Waals surface area contributed by atoms with Crippen LogP contribution >= 0.6 is 43.5 Å². The number of benzene rings is 2. The van der Waals surface area contributed by atoms with Crippen molar-refractivity contribution in [3.8, 4) is 0 Å². The Hall–Kier alpha value is -1.04. The first-order valence-corrected chi connectivity index (χ1v) is 7.64. The first-order valence-electron chi connectivity index (χ1n) is 5.68. The van der Waals surface area contributed by atoms with Crippen molar-refractivity contribution < 1.29 is 4.79 Å². The predicted octanol–water partition coefficient (Wildman–Crippen LogP) is 4.72. The van der Waals surface area contributed by atoms with Crippen LogP contribution in [0.15, 0.2) is 45.3 Å². The summed E-state index contributed by atoms with van der Waals surface area (Å²) in [5, 5.41) is 0.403. The van der Waals surface area contributed by atoms with Gasteiger partial charge in [-0.3, -0.25) is 4.79 Å². The van der Waals surface area contributed by atoms with Crippen LogP contribution in [-0.4, -0.2) is 13.0 Å². The van der Waals surface area contributed by atoms with Gasteiger partial charge in [-0.1, -0.05) is 43.5 Å². The fraction of sp³-hybridized carbons (Fsp3) is 0.0714. The van der Waals surface area contributed by atoms with E-state index in [1.165, 1.54) is 4.90 Å². The Labute approximate surface area is 139 Å². The van der Waals surface area contributed by atoms with Gasteiger partial charge in [0, 0.05) is 16.0 Å². The molecule has 0 saturated heterocycles. The second kappa shape index (κ2) is 6.16. The summed E-state index contributed by atoms with van der Waals surface area (Å²) in [4.78, 5) is 14.0. The molecule has 1 amide bonds. The van der Waals surface area contributed by atoms with E-state index in [9.17, 15) is 4.79 Å². The van der Waals surface area contributed by atoms with Gasteiger partial charge in [0.25, 0.3) is 5.91 Å². The van der Waals surface area contributed by atoms with Crippen LogP contribution in [0, 0.1) is 0 Å². The highest BCUT2D eigenvalue weighted by molar-refractivity contribution is 9.10. The molecule has 0 unspecified atom stereocenters. The van der Waals surface area contributed by atoms with Crippen molar-refractivity contribution in [3.05, 3.63) is 55.9 Å². The number of hydrogen-bond acceptors (Lipinski definition) is 2. The largest absolute Gasteiger partial charge is 0.397 e. The molecule has 0 aliphatic rings. The van der Waals surface area contributed by atoms with E-state index >= 15 is 0 Å². The molecule has 0 saturated carbocycles. The van der Waals surface area contributed by atoms with Crippen LogP contribution < -0.4 is 10.6 Å². The molecule has 0 heterocycles. The fourth-order valence-corrected chi connectivity index (χ4v) is 2.72. The summed E-state index contributed by atoms with van der Waals surface area (Å²) in [6.45, 7) is 0. The molecule has 2 rings (SSSR count). The number of amides is 1. The van der Waals surface area contributed by atoms with Gasteiger partial charge in [-0.05, 0) is 36.4 Å². The zero-order valence-electron chi connectivity index (χ0n) is 10.5. The van der Waals surface area contributed by atoms with Gasteiger partial charge in [0.2, 0.25) is 0 Å². The summed E-state index contributed by atoms with van der Waals surface area (Å²) < 4.78 is 1.66. The molecule has 2 aromatic carbocycles. The van der Waals surface area contributed by atoms with Crippen molar-refractivity contribution in [1.29, 1.82) is 0 Å². The van der Waals surface area contributed by atoms with Gasteiger partial charge >= 0.3 is 0 Å². The molecule has 0 radical (unpaired) electrons. The van der Waals surface area contributed by atoms with Crippen LogP contribution in [0.2, 0.25) is 5.02 Å². The second-order valence-electron chi connectivity index (χ2n) is 4.19. The lowest BCUT2D eigenvalue weighted by Crippen LogP contribution is -2.27. The van der Waals surface area contributed by atoms with Gasteiger partial charge in [-0.15, -0.1) is 0 Å². The highest BCUT2D eigenvalue weighted by atomic mass is 79.9. The van der Waals surface area contributed by atoms with E-state index in [0.717, 1.165) is 8.95 Å². The molecule has 2 aromatic rings. The third kappa shape index (κ3) is 3.16. The SMILES string of the molecule is CN(C(=O)c1cc(Br)ccc1Cl)c1ccc(Br)cc1N. The quantitative estimate of drug-likeness (QED) is 0.717. The molecule has 0 aromatic heterocycles. The van der Waals surface area contributed by atoms with Crippen molar-refractivity contribution in [2.45, 2.75) is 0 Å². The van der Waals surface area contributed by atoms with Gasteiger partial charge in [-0.2, -0.15) is 0 Å². The zero-order valence-corrected chi connectivity index (χ0v) is 14.5. The average Bonchev–Trinajstić information content (AvgIpc) is 2.40. The Kier molecular flexibility index (Phi) is 4.73. The molecule has 0 spiro atoms. The number of nitrogens with zero attached hydrogens (tertiary/aromatic N) is 1. The first kappa shape index (κ1) is 15.4. The number of halogens is 3. The van der Waals surface area contributed by atoms with Crippen molar-refractivity contribution in [2.75, 3.05) is 17.7 Å². The summed E-state index contributed by atoms with van der Waals surface area (Å²) in [5.74, 6) is -0.217. The van der Waals surface area contributed by atoms with Crippen molar-refractivity contribution in [1.82, 2.24) is 0 Å². The lowest BCUT2D eigenvalue weighted by Gasteiger charge is -2.20. The molecule has 0 aliphatic carbocycles. The molecule has 6 heteroatoms. The van der Waals surface area contributed by atoms with Crippen molar-refractivity contribution in [2.24, 2.45) is 0 Å². The highest BCUT2D eigenvalue weighted by Gasteiger charge is 2.18. The number of nitrogen functional groups attached to an aromatic ring is 1. The molecular weight excluding hydrogens is 407 g/mol. The molecule has 0 bridgehead atoms. The van der Waals surface area contributed by atoms with Crippen LogP contribution in [0.4, 0.5) is 11.4 Å². The van der Waals surface area contributed by atoms with Gasteiger partial charge < -0.3 is 10.6 Å². The summed E-state index contributed by atoms with van der Waals surface area (Å²) >= 11 is 12.8. The van der Waals surface area contributed by atoms with Gasteiger partial charge in [0.05, 0.1) is 22.0 Å². The minimum absolute atomic E-state index is 0.217. The van der Waals surface area contributed by atoms with Crippen molar-refractivity contribution in [3.63, 3.8) is 0 Å². The minimum Gasteiger partial charge on any atom is -0.397 e. The Morgan fingerprint density at radius 1 is 1.15 bits per heavy atom. The van der Waals surface area contributed by atoms with E-state index < -0.39 is 0 Å². The number of anilines is 2.